The normalized spacial score (nSPS) is 15.0. The number of ether oxygens (including phenoxy) is 1. The third-order valence-electron chi connectivity index (χ3n) is 5.62. The van der Waals surface area contributed by atoms with Crippen LogP contribution in [0.5, 0.6) is 5.75 Å². The fraction of sp³-hybridized carbons (Fsp3) is 0.391. The van der Waals surface area contributed by atoms with Crippen LogP contribution >= 0.6 is 0 Å². The van der Waals surface area contributed by atoms with E-state index in [0.717, 1.165) is 49.4 Å². The van der Waals surface area contributed by atoms with E-state index in [1.54, 1.807) is 0 Å². The van der Waals surface area contributed by atoms with E-state index in [4.69, 9.17) is 4.74 Å². The second kappa shape index (κ2) is 8.66. The molecule has 0 bridgehead atoms. The van der Waals surface area contributed by atoms with Crippen LogP contribution in [-0.4, -0.2) is 46.9 Å². The number of hydrogen-bond acceptors (Lipinski definition) is 4. The number of amides is 1. The van der Waals surface area contributed by atoms with Gasteiger partial charge >= 0.3 is 0 Å². The van der Waals surface area contributed by atoms with Gasteiger partial charge in [-0.05, 0) is 63.0 Å². The largest absolute Gasteiger partial charge is 0.486 e. The molecule has 1 aliphatic rings. The van der Waals surface area contributed by atoms with Gasteiger partial charge in [-0.25, -0.2) is 4.98 Å². The van der Waals surface area contributed by atoms with Crippen LogP contribution < -0.4 is 10.1 Å². The molecule has 0 saturated carbocycles. The van der Waals surface area contributed by atoms with Crippen LogP contribution in [0.25, 0.3) is 5.65 Å². The van der Waals surface area contributed by atoms with Crippen LogP contribution in [0.1, 0.15) is 34.5 Å². The summed E-state index contributed by atoms with van der Waals surface area (Å²) < 4.78 is 8.03. The number of carbonyl (C=O) groups is 1. The number of pyridine rings is 1. The van der Waals surface area contributed by atoms with Crippen LogP contribution in [0.15, 0.2) is 48.8 Å². The van der Waals surface area contributed by atoms with Crippen molar-refractivity contribution in [3.05, 3.63) is 65.6 Å². The van der Waals surface area contributed by atoms with Gasteiger partial charge in [-0.15, -0.1) is 0 Å². The summed E-state index contributed by atoms with van der Waals surface area (Å²) in [5.41, 5.74) is 3.52. The summed E-state index contributed by atoms with van der Waals surface area (Å²) in [6.07, 6.45) is 6.03. The van der Waals surface area contributed by atoms with Gasteiger partial charge in [0.05, 0.1) is 11.3 Å². The Hall–Kier alpha value is -2.86. The fourth-order valence-corrected chi connectivity index (χ4v) is 3.99. The first-order chi connectivity index (χ1) is 14.2. The Morgan fingerprint density at radius 1 is 1.21 bits per heavy atom. The molecule has 0 atom stereocenters. The van der Waals surface area contributed by atoms with Crippen molar-refractivity contribution in [1.29, 1.82) is 0 Å². The number of piperidine rings is 1. The molecule has 6 nitrogen and oxygen atoms in total. The molecular formula is C23H28N4O2. The summed E-state index contributed by atoms with van der Waals surface area (Å²) in [7, 11) is 1.98. The number of aryl methyl sites for hydroxylation is 1. The molecule has 6 heteroatoms. The number of aromatic nitrogens is 2. The lowest BCUT2D eigenvalue weighted by atomic mass is 9.96. The average Bonchev–Trinajstić information content (AvgIpc) is 3.17. The Morgan fingerprint density at radius 3 is 2.76 bits per heavy atom. The lowest BCUT2D eigenvalue weighted by Crippen LogP contribution is -2.40. The molecule has 1 aliphatic heterocycles. The van der Waals surface area contributed by atoms with Gasteiger partial charge in [-0.2, -0.15) is 0 Å². The Balaban J connectivity index is 1.45. The Morgan fingerprint density at radius 2 is 2.00 bits per heavy atom. The average molecular weight is 393 g/mol. The molecule has 1 aromatic carbocycles. The molecule has 0 radical (unpaired) electrons. The van der Waals surface area contributed by atoms with Crippen molar-refractivity contribution < 1.29 is 9.53 Å². The highest BCUT2D eigenvalue weighted by atomic mass is 16.5. The van der Waals surface area contributed by atoms with E-state index < -0.39 is 0 Å². The van der Waals surface area contributed by atoms with Crippen molar-refractivity contribution in [2.24, 2.45) is 5.92 Å². The second-order valence-corrected chi connectivity index (χ2v) is 7.73. The van der Waals surface area contributed by atoms with Crippen LogP contribution in [0, 0.1) is 12.8 Å². The first kappa shape index (κ1) is 19.5. The topological polar surface area (TPSA) is 58.9 Å². The third-order valence-corrected chi connectivity index (χ3v) is 5.62. The number of nitrogens with one attached hydrogen (secondary N) is 1. The minimum Gasteiger partial charge on any atom is -0.486 e. The Kier molecular flexibility index (Phi) is 5.81. The summed E-state index contributed by atoms with van der Waals surface area (Å²) in [5, 5.41) is 3.24. The molecule has 2 aromatic heterocycles. The quantitative estimate of drug-likeness (QED) is 0.699. The molecular weight excluding hydrogens is 364 g/mol. The van der Waals surface area contributed by atoms with Gasteiger partial charge in [-0.3, -0.25) is 4.79 Å². The van der Waals surface area contributed by atoms with E-state index in [0.29, 0.717) is 23.8 Å². The SMILES string of the molecule is CNCC1CCN(C(=O)c2ccccc2OCc2cn3cccc(C)c3n2)CC1. The van der Waals surface area contributed by atoms with Crippen molar-refractivity contribution in [2.75, 3.05) is 26.7 Å². The number of carbonyl (C=O) groups excluding carboxylic acids is 1. The number of rotatable bonds is 6. The highest BCUT2D eigenvalue weighted by Crippen LogP contribution is 2.24. The van der Waals surface area contributed by atoms with Gasteiger partial charge in [0.1, 0.15) is 18.0 Å². The number of fused-ring (bicyclic) bond motifs is 1. The second-order valence-electron chi connectivity index (χ2n) is 7.73. The van der Waals surface area contributed by atoms with Crippen molar-refractivity contribution >= 4 is 11.6 Å². The zero-order chi connectivity index (χ0) is 20.2. The molecule has 1 saturated heterocycles. The third kappa shape index (κ3) is 4.27. The van der Waals surface area contributed by atoms with Crippen LogP contribution in [0.2, 0.25) is 0 Å². The number of para-hydroxylation sites is 1. The lowest BCUT2D eigenvalue weighted by molar-refractivity contribution is 0.0686. The first-order valence-electron chi connectivity index (χ1n) is 10.2. The van der Waals surface area contributed by atoms with E-state index in [1.807, 2.05) is 72.1 Å². The zero-order valence-electron chi connectivity index (χ0n) is 17.1. The maximum atomic E-state index is 13.1. The Bertz CT molecular complexity index is 989. The molecule has 152 valence electrons. The molecule has 0 aliphatic carbocycles. The summed E-state index contributed by atoms with van der Waals surface area (Å²) in [5.74, 6) is 1.31. The van der Waals surface area contributed by atoms with Crippen molar-refractivity contribution in [1.82, 2.24) is 19.6 Å². The molecule has 1 fully saturated rings. The number of nitrogens with zero attached hydrogens (tertiary/aromatic N) is 3. The van der Waals surface area contributed by atoms with Gasteiger partial charge in [0.25, 0.3) is 5.91 Å². The minimum atomic E-state index is 0.0503. The monoisotopic (exact) mass is 392 g/mol. The predicted octanol–water partition coefficient (Wildman–Crippen LogP) is 3.29. The van der Waals surface area contributed by atoms with Gasteiger partial charge in [0, 0.05) is 25.5 Å². The van der Waals surface area contributed by atoms with Crippen molar-refractivity contribution in [3.8, 4) is 5.75 Å². The maximum absolute atomic E-state index is 13.1. The van der Waals surface area contributed by atoms with Gasteiger partial charge in [0.15, 0.2) is 0 Å². The van der Waals surface area contributed by atoms with E-state index in [-0.39, 0.29) is 5.91 Å². The molecule has 1 N–H and O–H groups in total. The molecule has 4 rings (SSSR count). The standard InChI is InChI=1S/C23H28N4O2/c1-17-6-5-11-27-15-19(25-22(17)27)16-29-21-8-4-3-7-20(21)23(28)26-12-9-18(10-13-26)14-24-2/h3-8,11,15,18,24H,9-10,12-14,16H2,1-2H3. The van der Waals surface area contributed by atoms with E-state index in [9.17, 15) is 4.79 Å². The molecule has 29 heavy (non-hydrogen) atoms. The number of imidazole rings is 1. The molecule has 3 aromatic rings. The molecule has 0 unspecified atom stereocenters. The fourth-order valence-electron chi connectivity index (χ4n) is 3.99. The zero-order valence-corrected chi connectivity index (χ0v) is 17.1. The molecule has 0 spiro atoms. The maximum Gasteiger partial charge on any atom is 0.257 e. The van der Waals surface area contributed by atoms with E-state index in [1.165, 1.54) is 0 Å². The number of hydrogen-bond donors (Lipinski definition) is 1. The van der Waals surface area contributed by atoms with Crippen molar-refractivity contribution in [2.45, 2.75) is 26.4 Å². The van der Waals surface area contributed by atoms with E-state index >= 15 is 0 Å². The van der Waals surface area contributed by atoms with E-state index in [2.05, 4.69) is 10.3 Å². The van der Waals surface area contributed by atoms with Gasteiger partial charge in [0.2, 0.25) is 0 Å². The van der Waals surface area contributed by atoms with Crippen LogP contribution in [-0.2, 0) is 6.61 Å². The van der Waals surface area contributed by atoms with Crippen LogP contribution in [0.4, 0.5) is 0 Å². The van der Waals surface area contributed by atoms with Crippen molar-refractivity contribution in [3.63, 3.8) is 0 Å². The highest BCUT2D eigenvalue weighted by Gasteiger charge is 2.25. The summed E-state index contributed by atoms with van der Waals surface area (Å²) in [6, 6.07) is 11.6. The molecule has 3 heterocycles. The first-order valence-corrected chi connectivity index (χ1v) is 10.2. The summed E-state index contributed by atoms with van der Waals surface area (Å²) in [6.45, 7) is 4.98. The lowest BCUT2D eigenvalue weighted by Gasteiger charge is -2.32. The molecule has 1 amide bonds. The Labute approximate surface area is 171 Å². The summed E-state index contributed by atoms with van der Waals surface area (Å²) in [4.78, 5) is 19.7. The number of benzene rings is 1. The smallest absolute Gasteiger partial charge is 0.257 e. The summed E-state index contributed by atoms with van der Waals surface area (Å²) >= 11 is 0. The van der Waals surface area contributed by atoms with Gasteiger partial charge < -0.3 is 19.4 Å². The van der Waals surface area contributed by atoms with Gasteiger partial charge in [-0.1, -0.05) is 18.2 Å². The van der Waals surface area contributed by atoms with Crippen LogP contribution in [0.3, 0.4) is 0 Å². The predicted molar refractivity (Wildman–Crippen MR) is 113 cm³/mol. The number of likely N-dealkylation sites (tertiary alicyclic amines) is 1. The minimum absolute atomic E-state index is 0.0503. The highest BCUT2D eigenvalue weighted by molar-refractivity contribution is 5.97.